The van der Waals surface area contributed by atoms with Gasteiger partial charge in [0.15, 0.2) is 5.82 Å². The van der Waals surface area contributed by atoms with Gasteiger partial charge in [0, 0.05) is 94.7 Å². The van der Waals surface area contributed by atoms with Crippen LogP contribution in [0.3, 0.4) is 0 Å². The van der Waals surface area contributed by atoms with Crippen LogP contribution in [0.15, 0.2) is 91.2 Å². The number of hydrogen-bond acceptors (Lipinski definition) is 16. The monoisotopic (exact) mass is 995 g/mol. The number of benzene rings is 1. The third kappa shape index (κ3) is 11.1. The van der Waals surface area contributed by atoms with Crippen molar-refractivity contribution in [2.45, 2.75) is 71.9 Å². The number of thiazole rings is 1. The molecule has 2 aliphatic heterocycles. The number of aromatic nitrogens is 9. The quantitative estimate of drug-likeness (QED) is 0.121. The van der Waals surface area contributed by atoms with Crippen molar-refractivity contribution in [3.8, 4) is 32.8 Å². The Morgan fingerprint density at radius 3 is 2.38 bits per heavy atom. The predicted octanol–water partition coefficient (Wildman–Crippen LogP) is 5.09. The van der Waals surface area contributed by atoms with Gasteiger partial charge in [-0.25, -0.2) is 28.9 Å². The molecule has 0 saturated carbocycles. The van der Waals surface area contributed by atoms with Gasteiger partial charge in [-0.3, -0.25) is 29.2 Å². The molecule has 9 rings (SSSR count). The van der Waals surface area contributed by atoms with E-state index in [-0.39, 0.29) is 55.8 Å². The number of aliphatic hydroxyl groups excluding tert-OH is 1. The number of anilines is 3. The maximum Gasteiger partial charge on any atom is 0.414 e. The summed E-state index contributed by atoms with van der Waals surface area (Å²) < 4.78 is 8.52. The molecule has 3 atom stereocenters. The Kier molecular flexibility index (Phi) is 14.6. The van der Waals surface area contributed by atoms with Crippen molar-refractivity contribution >= 4 is 58.1 Å². The molecule has 7 aromatic rings. The molecule has 6 aromatic heterocycles. The number of β-amino-alcohol motifs (C(OH)–C–C–N with tert-alkyl or cyclic N) is 1. The van der Waals surface area contributed by atoms with Crippen molar-refractivity contribution in [2.75, 3.05) is 61.4 Å². The van der Waals surface area contributed by atoms with Gasteiger partial charge in [-0.05, 0) is 61.6 Å². The summed E-state index contributed by atoms with van der Waals surface area (Å²) in [6, 6.07) is 13.8. The molecule has 3 N–H and O–H groups in total. The minimum Gasteiger partial charge on any atom is -0.446 e. The minimum atomic E-state index is -0.844. The highest BCUT2D eigenvalue weighted by Crippen LogP contribution is 2.30. The average molecular weight is 996 g/mol. The first-order chi connectivity index (χ1) is 34.7. The molecule has 2 saturated heterocycles. The standard InChI is InChI=1S/C50H57N15O6S/c1-30(2)45(48(69)63-26-40(66)20-42(63)47(68)52-21-33-7-9-34(10-8-33)46-32(5)55-29-72-46)65-27-41(57-59-65)37-23-53-49(54-24-37)62-15-13-61(14-16-62)28-44(67)56-43-19-38-17-35(11-12-64(38)58-43)36-18-39(25-51-22-36)60(6)50(70)71-31(3)4/h7-12,17-19,22-25,27,29-31,40,42,45,66H,13-16,20-21,26,28H2,1-6H3,(H,52,68)(H,56,58,67)/t40-,42+,45+/m1/s1. The molecule has 0 aliphatic carbocycles. The fourth-order valence-corrected chi connectivity index (χ4v) is 9.69. The lowest BCUT2D eigenvalue weighted by molar-refractivity contribution is -0.142. The highest BCUT2D eigenvalue weighted by atomic mass is 32.1. The number of nitrogens with one attached hydrogen (secondary N) is 2. The molecule has 72 heavy (non-hydrogen) atoms. The van der Waals surface area contributed by atoms with E-state index in [1.807, 2.05) is 74.9 Å². The van der Waals surface area contributed by atoms with Gasteiger partial charge >= 0.3 is 6.09 Å². The topological polar surface area (TPSA) is 234 Å². The first kappa shape index (κ1) is 49.3. The Balaban J connectivity index is 0.759. The van der Waals surface area contributed by atoms with Crippen molar-refractivity contribution < 1.29 is 29.0 Å². The van der Waals surface area contributed by atoms with Crippen LogP contribution in [0.4, 0.5) is 22.2 Å². The van der Waals surface area contributed by atoms with Gasteiger partial charge in [0.05, 0.1) is 58.4 Å². The first-order valence-corrected chi connectivity index (χ1v) is 24.7. The Bertz CT molecular complexity index is 3060. The van der Waals surface area contributed by atoms with E-state index < -0.39 is 24.3 Å². The Labute approximate surface area is 419 Å². The summed E-state index contributed by atoms with van der Waals surface area (Å²) in [4.78, 5) is 79.5. The molecule has 8 heterocycles. The normalized spacial score (nSPS) is 16.6. The number of hydrogen-bond donors (Lipinski definition) is 3. The number of aryl methyl sites for hydroxylation is 1. The largest absolute Gasteiger partial charge is 0.446 e. The van der Waals surface area contributed by atoms with Crippen LogP contribution in [-0.2, 0) is 25.7 Å². The second-order valence-corrected chi connectivity index (χ2v) is 19.5. The molecule has 21 nitrogen and oxygen atoms in total. The van der Waals surface area contributed by atoms with Crippen LogP contribution in [0, 0.1) is 12.8 Å². The number of aliphatic hydroxyl groups is 1. The second-order valence-electron chi connectivity index (χ2n) is 18.7. The summed E-state index contributed by atoms with van der Waals surface area (Å²) in [5.41, 5.74) is 8.88. The fourth-order valence-electron chi connectivity index (χ4n) is 8.88. The number of likely N-dealkylation sites (tertiary alicyclic amines) is 1. The zero-order valence-corrected chi connectivity index (χ0v) is 41.7. The molecular weight excluding hydrogens is 939 g/mol. The summed E-state index contributed by atoms with van der Waals surface area (Å²) in [6.45, 7) is 12.3. The smallest absolute Gasteiger partial charge is 0.414 e. The summed E-state index contributed by atoms with van der Waals surface area (Å²) in [7, 11) is 1.64. The van der Waals surface area contributed by atoms with Crippen molar-refractivity contribution in [1.29, 1.82) is 0 Å². The number of rotatable bonds is 15. The van der Waals surface area contributed by atoms with Crippen LogP contribution in [0.2, 0.25) is 0 Å². The Hall–Kier alpha value is -7.69. The SMILES string of the molecule is Cc1ncsc1-c1ccc(CNC(=O)[C@@H]2C[C@@H](O)CN2C(=O)[C@H](C(C)C)n2cc(-c3cnc(N4CCN(CC(=O)Nc5cc6cc(-c7cncc(N(C)C(=O)OC(C)C)c7)ccn6n5)CC4)nc3)nn2)cc1. The molecule has 1 aromatic carbocycles. The van der Waals surface area contributed by atoms with Gasteiger partial charge in [-0.15, -0.1) is 16.4 Å². The van der Waals surface area contributed by atoms with Crippen LogP contribution in [0.1, 0.15) is 51.4 Å². The Morgan fingerprint density at radius 1 is 0.903 bits per heavy atom. The summed E-state index contributed by atoms with van der Waals surface area (Å²) in [5, 5.41) is 29.8. The minimum absolute atomic E-state index is 0.0302. The molecule has 4 amide bonds. The highest BCUT2D eigenvalue weighted by Gasteiger charge is 2.42. The molecule has 22 heteroatoms. The lowest BCUT2D eigenvalue weighted by Gasteiger charge is -2.34. The van der Waals surface area contributed by atoms with Gasteiger partial charge in [-0.2, -0.15) is 5.10 Å². The fraction of sp³-hybridized carbons (Fsp3) is 0.380. The molecule has 2 fully saturated rings. The number of carbonyl (C=O) groups is 4. The van der Waals surface area contributed by atoms with E-state index in [1.165, 1.54) is 14.5 Å². The number of nitrogens with zero attached hydrogens (tertiary/aromatic N) is 13. The number of piperazine rings is 1. The van der Waals surface area contributed by atoms with Crippen LogP contribution in [0.25, 0.3) is 38.3 Å². The van der Waals surface area contributed by atoms with E-state index in [0.29, 0.717) is 54.9 Å². The molecule has 0 spiro atoms. The van der Waals surface area contributed by atoms with E-state index in [9.17, 15) is 24.3 Å². The van der Waals surface area contributed by atoms with Crippen LogP contribution < -0.4 is 20.4 Å². The lowest BCUT2D eigenvalue weighted by atomic mass is 10.0. The number of carbonyl (C=O) groups excluding carboxylic acids is 4. The first-order valence-electron chi connectivity index (χ1n) is 23.8. The predicted molar refractivity (Wildman–Crippen MR) is 271 cm³/mol. The molecule has 374 valence electrons. The summed E-state index contributed by atoms with van der Waals surface area (Å²) in [5.74, 6) is -0.0989. The molecule has 2 aliphatic rings. The molecule has 0 radical (unpaired) electrons. The van der Waals surface area contributed by atoms with Crippen LogP contribution in [-0.4, -0.2) is 148 Å². The number of pyridine rings is 2. The second kappa shape index (κ2) is 21.3. The average Bonchev–Trinajstić information content (AvgIpc) is 4.20. The molecule has 0 bridgehead atoms. The van der Waals surface area contributed by atoms with Crippen molar-refractivity contribution in [1.82, 2.24) is 59.7 Å². The summed E-state index contributed by atoms with van der Waals surface area (Å²) >= 11 is 1.58. The van der Waals surface area contributed by atoms with Crippen molar-refractivity contribution in [2.24, 2.45) is 5.92 Å². The maximum absolute atomic E-state index is 14.2. The van der Waals surface area contributed by atoms with E-state index in [1.54, 1.807) is 73.8 Å². The van der Waals surface area contributed by atoms with Crippen LogP contribution >= 0.6 is 11.3 Å². The lowest BCUT2D eigenvalue weighted by Crippen LogP contribution is -2.49. The van der Waals surface area contributed by atoms with E-state index in [4.69, 9.17) is 4.74 Å². The van der Waals surface area contributed by atoms with Crippen molar-refractivity contribution in [3.05, 3.63) is 102 Å². The van der Waals surface area contributed by atoms with E-state index in [0.717, 1.165) is 38.3 Å². The van der Waals surface area contributed by atoms with Gasteiger partial charge in [-0.1, -0.05) is 43.3 Å². The third-order valence-electron chi connectivity index (χ3n) is 12.7. The number of ether oxygens (including phenoxy) is 1. The number of fused-ring (bicyclic) bond motifs is 1. The highest BCUT2D eigenvalue weighted by molar-refractivity contribution is 7.13. The van der Waals surface area contributed by atoms with Crippen molar-refractivity contribution in [3.63, 3.8) is 0 Å². The zero-order valence-electron chi connectivity index (χ0n) is 40.9. The number of amides is 4. The third-order valence-corrected chi connectivity index (χ3v) is 13.7. The van der Waals surface area contributed by atoms with Crippen LogP contribution in [0.5, 0.6) is 0 Å². The zero-order chi connectivity index (χ0) is 50.6. The van der Waals surface area contributed by atoms with Gasteiger partial charge in [0.2, 0.25) is 23.7 Å². The van der Waals surface area contributed by atoms with E-state index in [2.05, 4.69) is 55.8 Å². The van der Waals surface area contributed by atoms with Gasteiger partial charge in [0.1, 0.15) is 17.8 Å². The molecule has 0 unspecified atom stereocenters. The summed E-state index contributed by atoms with van der Waals surface area (Å²) in [6.07, 6.45) is 8.73. The Morgan fingerprint density at radius 2 is 1.67 bits per heavy atom. The van der Waals surface area contributed by atoms with Gasteiger partial charge < -0.3 is 30.3 Å². The van der Waals surface area contributed by atoms with E-state index >= 15 is 0 Å². The van der Waals surface area contributed by atoms with Gasteiger partial charge in [0.25, 0.3) is 0 Å². The maximum atomic E-state index is 14.2. The molecular formula is C50H57N15O6S.